The molecule has 0 aliphatic rings. The van der Waals surface area contributed by atoms with E-state index in [1.165, 1.54) is 225 Å². The molecule has 0 heterocycles. The molecular weight excluding hydrogens is 1320 g/mol. The van der Waals surface area contributed by atoms with E-state index in [-0.39, 0.29) is 25.7 Å². The van der Waals surface area contributed by atoms with E-state index in [0.29, 0.717) is 25.7 Å². The predicted molar refractivity (Wildman–Crippen MR) is 414 cm³/mol. The Labute approximate surface area is 619 Å². The summed E-state index contributed by atoms with van der Waals surface area (Å²) in [6, 6.07) is 0. The normalized spacial score (nSPS) is 14.0. The molecule has 0 bridgehead atoms. The van der Waals surface area contributed by atoms with Crippen molar-refractivity contribution in [2.75, 3.05) is 39.6 Å². The van der Waals surface area contributed by atoms with Crippen molar-refractivity contribution in [1.82, 2.24) is 0 Å². The molecular formula is C82H160O17P2. The van der Waals surface area contributed by atoms with Crippen LogP contribution < -0.4 is 0 Å². The molecule has 0 aromatic carbocycles. The largest absolute Gasteiger partial charge is 0.472 e. The van der Waals surface area contributed by atoms with Crippen LogP contribution in [0, 0.1) is 23.7 Å². The number of ether oxygens (including phenoxy) is 4. The maximum absolute atomic E-state index is 13.1. The van der Waals surface area contributed by atoms with Crippen LogP contribution in [0.4, 0.5) is 0 Å². The molecule has 600 valence electrons. The van der Waals surface area contributed by atoms with Gasteiger partial charge in [-0.3, -0.25) is 37.3 Å². The first kappa shape index (κ1) is 99.1. The Kier molecular flexibility index (Phi) is 69.6. The number of aliphatic hydroxyl groups is 1. The third kappa shape index (κ3) is 76.1. The second-order valence-electron chi connectivity index (χ2n) is 31.4. The highest BCUT2D eigenvalue weighted by atomic mass is 31.2. The minimum absolute atomic E-state index is 0.104. The fourth-order valence-electron chi connectivity index (χ4n) is 12.6. The number of carbonyl (C=O) groups excluding carboxylic acids is 4. The van der Waals surface area contributed by atoms with E-state index in [0.717, 1.165) is 114 Å². The standard InChI is InChI=1S/C82H160O17P2/c1-72(2)58-50-42-34-26-22-18-14-11-9-10-12-16-21-25-29-40-48-56-64-81(86)98-77(68-92-79(84)62-54-46-38-28-24-20-17-13-15-19-23-27-35-43-51-59-73(3)4)70-96-100(88,89)94-66-76(83)67-95-101(90,91)97-71-78(99-82(87)65-57-49-41-33-31-37-45-53-61-75(7)8)69-93-80(85)63-55-47-39-32-30-36-44-52-60-74(5)6/h72-78,83H,9-71H2,1-8H3,(H,88,89)(H,90,91)/t76?,77-,78-/m1/s1. The van der Waals surface area contributed by atoms with Gasteiger partial charge in [0.2, 0.25) is 0 Å². The quantitative estimate of drug-likeness (QED) is 0.0222. The molecule has 0 spiro atoms. The second kappa shape index (κ2) is 71.0. The van der Waals surface area contributed by atoms with E-state index in [1.807, 2.05) is 0 Å². The van der Waals surface area contributed by atoms with E-state index in [2.05, 4.69) is 55.4 Å². The van der Waals surface area contributed by atoms with Gasteiger partial charge in [-0.25, -0.2) is 9.13 Å². The van der Waals surface area contributed by atoms with Crippen LogP contribution in [0.3, 0.4) is 0 Å². The molecule has 0 rings (SSSR count). The number of unbranched alkanes of at least 4 members (excludes halogenated alkanes) is 45. The van der Waals surface area contributed by atoms with Crippen molar-refractivity contribution in [3.05, 3.63) is 0 Å². The summed E-state index contributed by atoms with van der Waals surface area (Å²) >= 11 is 0. The molecule has 101 heavy (non-hydrogen) atoms. The molecule has 0 aliphatic heterocycles. The summed E-state index contributed by atoms with van der Waals surface area (Å²) in [5, 5.41) is 10.6. The third-order valence-electron chi connectivity index (χ3n) is 19.1. The summed E-state index contributed by atoms with van der Waals surface area (Å²) in [6.45, 7) is 14.2. The number of rotatable bonds is 79. The van der Waals surface area contributed by atoms with Crippen LogP contribution in [0.5, 0.6) is 0 Å². The van der Waals surface area contributed by atoms with E-state index >= 15 is 0 Å². The number of hydrogen-bond acceptors (Lipinski definition) is 15. The molecule has 0 aromatic rings. The lowest BCUT2D eigenvalue weighted by molar-refractivity contribution is -0.161. The second-order valence-corrected chi connectivity index (χ2v) is 34.3. The van der Waals surface area contributed by atoms with Gasteiger partial charge in [0.25, 0.3) is 0 Å². The lowest BCUT2D eigenvalue weighted by atomic mass is 10.0. The molecule has 0 fully saturated rings. The zero-order valence-electron chi connectivity index (χ0n) is 66.5. The maximum atomic E-state index is 13.1. The van der Waals surface area contributed by atoms with Gasteiger partial charge in [-0.1, -0.05) is 370 Å². The number of phosphoric ester groups is 2. The number of phosphoric acid groups is 2. The molecule has 17 nitrogen and oxygen atoms in total. The van der Waals surface area contributed by atoms with Crippen LogP contribution in [0.2, 0.25) is 0 Å². The van der Waals surface area contributed by atoms with E-state index < -0.39 is 97.5 Å². The smallest absolute Gasteiger partial charge is 0.462 e. The van der Waals surface area contributed by atoms with Gasteiger partial charge in [-0.2, -0.15) is 0 Å². The summed E-state index contributed by atoms with van der Waals surface area (Å²) in [5.74, 6) is 0.956. The van der Waals surface area contributed by atoms with Gasteiger partial charge in [0, 0.05) is 25.7 Å². The molecule has 3 unspecified atom stereocenters. The number of aliphatic hydroxyl groups excluding tert-OH is 1. The van der Waals surface area contributed by atoms with Crippen molar-refractivity contribution < 1.29 is 80.2 Å². The first-order chi connectivity index (χ1) is 48.6. The average molecular weight is 1480 g/mol. The van der Waals surface area contributed by atoms with Crippen LogP contribution in [-0.2, 0) is 65.4 Å². The van der Waals surface area contributed by atoms with Crippen LogP contribution in [-0.4, -0.2) is 96.7 Å². The topological polar surface area (TPSA) is 237 Å². The minimum Gasteiger partial charge on any atom is -0.462 e. The molecule has 0 amide bonds. The highest BCUT2D eigenvalue weighted by Crippen LogP contribution is 2.45. The van der Waals surface area contributed by atoms with Crippen molar-refractivity contribution in [1.29, 1.82) is 0 Å². The molecule has 5 atom stereocenters. The van der Waals surface area contributed by atoms with Crippen LogP contribution in [0.1, 0.15) is 421 Å². The fraction of sp³-hybridized carbons (Fsp3) is 0.951. The average Bonchev–Trinajstić information content (AvgIpc) is 1.12. The number of esters is 4. The van der Waals surface area contributed by atoms with Gasteiger partial charge in [0.05, 0.1) is 26.4 Å². The Morgan fingerprint density at radius 3 is 0.614 bits per heavy atom. The van der Waals surface area contributed by atoms with E-state index in [1.54, 1.807) is 0 Å². The first-order valence-corrected chi connectivity index (χ1v) is 45.2. The number of hydrogen-bond donors (Lipinski definition) is 3. The Bertz CT molecular complexity index is 1970. The molecule has 0 aromatic heterocycles. The van der Waals surface area contributed by atoms with Crippen LogP contribution in [0.25, 0.3) is 0 Å². The van der Waals surface area contributed by atoms with Gasteiger partial charge in [-0.15, -0.1) is 0 Å². The van der Waals surface area contributed by atoms with Crippen molar-refractivity contribution in [2.24, 2.45) is 23.7 Å². The molecule has 0 radical (unpaired) electrons. The Morgan fingerprint density at radius 2 is 0.416 bits per heavy atom. The van der Waals surface area contributed by atoms with Crippen molar-refractivity contribution >= 4 is 39.5 Å². The van der Waals surface area contributed by atoms with E-state index in [4.69, 9.17) is 37.0 Å². The lowest BCUT2D eigenvalue weighted by Gasteiger charge is -2.21. The third-order valence-corrected chi connectivity index (χ3v) is 21.0. The number of carbonyl (C=O) groups is 4. The zero-order valence-corrected chi connectivity index (χ0v) is 68.3. The zero-order chi connectivity index (χ0) is 74.6. The summed E-state index contributed by atoms with van der Waals surface area (Å²) in [6.07, 6.45) is 58.5. The highest BCUT2D eigenvalue weighted by molar-refractivity contribution is 7.47. The molecule has 0 saturated heterocycles. The molecule has 0 aliphatic carbocycles. The van der Waals surface area contributed by atoms with Gasteiger partial charge >= 0.3 is 39.5 Å². The Hall–Kier alpha value is -1.94. The van der Waals surface area contributed by atoms with Crippen molar-refractivity contribution in [3.63, 3.8) is 0 Å². The monoisotopic (exact) mass is 1480 g/mol. The van der Waals surface area contributed by atoms with Gasteiger partial charge in [-0.05, 0) is 49.4 Å². The molecule has 19 heteroatoms. The van der Waals surface area contributed by atoms with E-state index in [9.17, 15) is 43.2 Å². The van der Waals surface area contributed by atoms with Crippen molar-refractivity contribution in [3.8, 4) is 0 Å². The van der Waals surface area contributed by atoms with Crippen molar-refractivity contribution in [2.45, 2.75) is 440 Å². The lowest BCUT2D eigenvalue weighted by Crippen LogP contribution is -2.30. The SMILES string of the molecule is CC(C)CCCCCCCCCCCCCCCCCCCCC(=O)O[C@H](COC(=O)CCCCCCCCCCCCCCCCCC(C)C)COP(=O)(O)OCC(O)COP(=O)(O)OC[C@@H](COC(=O)CCCCCCCCCCC(C)C)OC(=O)CCCCCCCCCCC(C)C. The maximum Gasteiger partial charge on any atom is 0.472 e. The fourth-order valence-corrected chi connectivity index (χ4v) is 14.2. The van der Waals surface area contributed by atoms with Gasteiger partial charge in [0.15, 0.2) is 12.2 Å². The Morgan fingerprint density at radius 1 is 0.248 bits per heavy atom. The summed E-state index contributed by atoms with van der Waals surface area (Å²) in [5.41, 5.74) is 0. The molecule has 3 N–H and O–H groups in total. The van der Waals surface area contributed by atoms with Crippen LogP contribution in [0.15, 0.2) is 0 Å². The summed E-state index contributed by atoms with van der Waals surface area (Å²) in [7, 11) is -9.92. The predicted octanol–water partition coefficient (Wildman–Crippen LogP) is 24.4. The van der Waals surface area contributed by atoms with Gasteiger partial charge < -0.3 is 33.8 Å². The summed E-state index contributed by atoms with van der Waals surface area (Å²) < 4.78 is 68.7. The minimum atomic E-state index is -4.96. The highest BCUT2D eigenvalue weighted by Gasteiger charge is 2.30. The molecule has 0 saturated carbocycles. The Balaban J connectivity index is 5.22. The first-order valence-electron chi connectivity index (χ1n) is 42.2. The van der Waals surface area contributed by atoms with Gasteiger partial charge in [0.1, 0.15) is 19.3 Å². The van der Waals surface area contributed by atoms with Crippen LogP contribution >= 0.6 is 15.6 Å². The summed E-state index contributed by atoms with van der Waals surface area (Å²) in [4.78, 5) is 73.0.